The number of thiophene rings is 1. The zero-order valence-corrected chi connectivity index (χ0v) is 14.9. The fraction of sp³-hybridized carbons (Fsp3) is 0.389. The average molecular weight is 368 g/mol. The van der Waals surface area contributed by atoms with E-state index in [1.807, 2.05) is 18.7 Å². The van der Waals surface area contributed by atoms with Crippen LogP contribution in [0.1, 0.15) is 38.5 Å². The van der Waals surface area contributed by atoms with E-state index < -0.39 is 11.7 Å². The van der Waals surface area contributed by atoms with E-state index in [0.29, 0.717) is 11.3 Å². The molecular weight excluding hydrogens is 349 g/mol. The Morgan fingerprint density at radius 2 is 1.84 bits per heavy atom. The van der Waals surface area contributed by atoms with Gasteiger partial charge in [0.1, 0.15) is 0 Å². The number of rotatable bonds is 3. The highest BCUT2D eigenvalue weighted by Gasteiger charge is 2.32. The lowest BCUT2D eigenvalue weighted by Crippen LogP contribution is -2.22. The number of hydrogen-bond donors (Lipinski definition) is 1. The molecule has 1 fully saturated rings. The first-order valence-electron chi connectivity index (χ1n) is 8.10. The number of benzene rings is 1. The minimum absolute atomic E-state index is 0.213. The molecule has 1 aromatic heterocycles. The molecule has 1 aliphatic rings. The number of amides is 1. The van der Waals surface area contributed by atoms with Gasteiger partial charge in [-0.25, -0.2) is 0 Å². The smallest absolute Gasteiger partial charge is 0.370 e. The number of aryl methyl sites for hydroxylation is 2. The van der Waals surface area contributed by atoms with Gasteiger partial charge in [-0.15, -0.1) is 11.3 Å². The Hall–Kier alpha value is -2.02. The number of hydrogen-bond acceptors (Lipinski definition) is 3. The third-order valence-corrected chi connectivity index (χ3v) is 5.27. The molecule has 2 heterocycles. The van der Waals surface area contributed by atoms with Crippen LogP contribution in [-0.4, -0.2) is 19.0 Å². The van der Waals surface area contributed by atoms with Crippen molar-refractivity contribution >= 4 is 28.6 Å². The maximum Gasteiger partial charge on any atom is 0.416 e. The highest BCUT2D eigenvalue weighted by Crippen LogP contribution is 2.37. The quantitative estimate of drug-likeness (QED) is 0.804. The van der Waals surface area contributed by atoms with E-state index >= 15 is 0 Å². The van der Waals surface area contributed by atoms with E-state index in [-0.39, 0.29) is 11.6 Å². The number of carbonyl (C=O) groups excluding carboxylic acids is 1. The molecule has 0 radical (unpaired) electrons. The van der Waals surface area contributed by atoms with Crippen molar-refractivity contribution in [1.29, 1.82) is 0 Å². The highest BCUT2D eigenvalue weighted by atomic mass is 32.1. The van der Waals surface area contributed by atoms with Crippen molar-refractivity contribution in [2.75, 3.05) is 23.3 Å². The van der Waals surface area contributed by atoms with Crippen LogP contribution in [-0.2, 0) is 6.18 Å². The Bertz CT molecular complexity index is 792. The van der Waals surface area contributed by atoms with Crippen LogP contribution < -0.4 is 10.2 Å². The summed E-state index contributed by atoms with van der Waals surface area (Å²) in [5.41, 5.74) is 0.602. The molecule has 0 bridgehead atoms. The molecule has 3 nitrogen and oxygen atoms in total. The van der Waals surface area contributed by atoms with Crippen molar-refractivity contribution in [1.82, 2.24) is 0 Å². The molecule has 7 heteroatoms. The first-order chi connectivity index (χ1) is 11.8. The van der Waals surface area contributed by atoms with Crippen molar-refractivity contribution < 1.29 is 18.0 Å². The van der Waals surface area contributed by atoms with Gasteiger partial charge in [0.25, 0.3) is 5.91 Å². The van der Waals surface area contributed by atoms with E-state index in [1.54, 1.807) is 6.07 Å². The second kappa shape index (κ2) is 6.71. The molecule has 25 heavy (non-hydrogen) atoms. The predicted octanol–water partition coefficient (Wildman–Crippen LogP) is 5.24. The summed E-state index contributed by atoms with van der Waals surface area (Å²) in [6.45, 7) is 5.30. The Balaban J connectivity index is 1.96. The van der Waals surface area contributed by atoms with Crippen LogP contribution in [0.25, 0.3) is 0 Å². The number of nitrogens with one attached hydrogen (secondary N) is 1. The number of alkyl halides is 3. The van der Waals surface area contributed by atoms with Crippen LogP contribution in [0.3, 0.4) is 0 Å². The molecular formula is C18H19F3N2OS. The molecule has 0 saturated carbocycles. The van der Waals surface area contributed by atoms with Gasteiger partial charge < -0.3 is 10.2 Å². The van der Waals surface area contributed by atoms with E-state index in [1.165, 1.54) is 17.4 Å². The molecule has 1 saturated heterocycles. The molecule has 0 unspecified atom stereocenters. The standard InChI is InChI=1S/C18H19F3N2OS/c1-11-9-14(12(2)25-11)17(24)22-15-10-13(18(19,20)21)5-6-16(15)23-7-3-4-8-23/h5-6,9-10H,3-4,7-8H2,1-2H3,(H,22,24). The Morgan fingerprint density at radius 1 is 1.16 bits per heavy atom. The van der Waals surface area contributed by atoms with Gasteiger partial charge in [-0.05, 0) is 51.0 Å². The zero-order chi connectivity index (χ0) is 18.2. The summed E-state index contributed by atoms with van der Waals surface area (Å²) >= 11 is 1.49. The maximum atomic E-state index is 13.1. The molecule has 1 aromatic carbocycles. The predicted molar refractivity (Wildman–Crippen MR) is 94.6 cm³/mol. The highest BCUT2D eigenvalue weighted by molar-refractivity contribution is 7.12. The molecule has 134 valence electrons. The SMILES string of the molecule is Cc1cc(C(=O)Nc2cc(C(F)(F)F)ccc2N2CCCC2)c(C)s1. The molecule has 0 aliphatic carbocycles. The van der Waals surface area contributed by atoms with Crippen molar-refractivity contribution in [3.8, 4) is 0 Å². The van der Waals surface area contributed by atoms with Gasteiger partial charge in [0.2, 0.25) is 0 Å². The average Bonchev–Trinajstić information content (AvgIpc) is 3.16. The van der Waals surface area contributed by atoms with Gasteiger partial charge in [-0.3, -0.25) is 4.79 Å². The molecule has 1 amide bonds. The van der Waals surface area contributed by atoms with Crippen LogP contribution >= 0.6 is 11.3 Å². The minimum Gasteiger partial charge on any atom is -0.370 e. The van der Waals surface area contributed by atoms with Crippen molar-refractivity contribution in [3.63, 3.8) is 0 Å². The summed E-state index contributed by atoms with van der Waals surface area (Å²) in [5.74, 6) is -0.373. The van der Waals surface area contributed by atoms with E-state index in [2.05, 4.69) is 5.32 Å². The summed E-state index contributed by atoms with van der Waals surface area (Å²) in [7, 11) is 0. The van der Waals surface area contributed by atoms with Crippen molar-refractivity contribution in [2.24, 2.45) is 0 Å². The lowest BCUT2D eigenvalue weighted by Gasteiger charge is -2.23. The Labute approximate surface area is 148 Å². The number of nitrogens with zero attached hydrogens (tertiary/aromatic N) is 1. The Kier molecular flexibility index (Phi) is 4.77. The lowest BCUT2D eigenvalue weighted by molar-refractivity contribution is -0.137. The second-order valence-corrected chi connectivity index (χ2v) is 7.67. The largest absolute Gasteiger partial charge is 0.416 e. The first kappa shape index (κ1) is 17.8. The third kappa shape index (κ3) is 3.81. The summed E-state index contributed by atoms with van der Waals surface area (Å²) < 4.78 is 39.2. The van der Waals surface area contributed by atoms with Gasteiger partial charge in [-0.1, -0.05) is 0 Å². The normalized spacial score (nSPS) is 14.8. The van der Waals surface area contributed by atoms with E-state index in [0.717, 1.165) is 47.8 Å². The molecule has 0 spiro atoms. The third-order valence-electron chi connectivity index (χ3n) is 4.30. The zero-order valence-electron chi connectivity index (χ0n) is 14.0. The van der Waals surface area contributed by atoms with Gasteiger partial charge in [0, 0.05) is 22.8 Å². The second-order valence-electron chi connectivity index (χ2n) is 6.20. The maximum absolute atomic E-state index is 13.1. The Morgan fingerprint density at radius 3 is 2.40 bits per heavy atom. The van der Waals surface area contributed by atoms with Gasteiger partial charge in [-0.2, -0.15) is 13.2 Å². The lowest BCUT2D eigenvalue weighted by atomic mass is 10.1. The van der Waals surface area contributed by atoms with E-state index in [4.69, 9.17) is 0 Å². The van der Waals surface area contributed by atoms with Crippen LogP contribution in [0.5, 0.6) is 0 Å². The fourth-order valence-corrected chi connectivity index (χ4v) is 4.01. The molecule has 2 aromatic rings. The van der Waals surface area contributed by atoms with Gasteiger partial charge >= 0.3 is 6.18 Å². The molecule has 0 atom stereocenters. The summed E-state index contributed by atoms with van der Waals surface area (Å²) in [4.78, 5) is 16.4. The molecule has 3 rings (SSSR count). The van der Waals surface area contributed by atoms with Crippen LogP contribution in [0, 0.1) is 13.8 Å². The number of carbonyl (C=O) groups is 1. The monoisotopic (exact) mass is 368 g/mol. The number of halogens is 3. The van der Waals surface area contributed by atoms with Crippen LogP contribution in [0.4, 0.5) is 24.5 Å². The molecule has 1 N–H and O–H groups in total. The van der Waals surface area contributed by atoms with Crippen molar-refractivity contribution in [3.05, 3.63) is 45.1 Å². The summed E-state index contributed by atoms with van der Waals surface area (Å²) in [5, 5.41) is 2.70. The minimum atomic E-state index is -4.45. The summed E-state index contributed by atoms with van der Waals surface area (Å²) in [6, 6.07) is 5.32. The first-order valence-corrected chi connectivity index (χ1v) is 8.92. The topological polar surface area (TPSA) is 32.3 Å². The van der Waals surface area contributed by atoms with Crippen LogP contribution in [0.15, 0.2) is 24.3 Å². The van der Waals surface area contributed by atoms with Crippen LogP contribution in [0.2, 0.25) is 0 Å². The van der Waals surface area contributed by atoms with Gasteiger partial charge in [0.05, 0.1) is 22.5 Å². The number of anilines is 2. The fourth-order valence-electron chi connectivity index (χ4n) is 3.09. The van der Waals surface area contributed by atoms with Crippen molar-refractivity contribution in [2.45, 2.75) is 32.9 Å². The molecule has 1 aliphatic heterocycles. The van der Waals surface area contributed by atoms with Gasteiger partial charge in [0.15, 0.2) is 0 Å². The summed E-state index contributed by atoms with van der Waals surface area (Å²) in [6.07, 6.45) is -2.45. The van der Waals surface area contributed by atoms with E-state index in [9.17, 15) is 18.0 Å².